The molecule has 18 heavy (non-hydrogen) atoms. The molecule has 2 heterocycles. The Labute approximate surface area is 103 Å². The molecule has 0 aliphatic heterocycles. The van der Waals surface area contributed by atoms with Crippen LogP contribution in [0.1, 0.15) is 5.56 Å². The maximum atomic E-state index is 7.56. The number of rotatable bonds is 2. The number of benzene rings is 1. The number of nitrogens with two attached hydrogens (primary N) is 1. The molecule has 0 saturated carbocycles. The van der Waals surface area contributed by atoms with Crippen molar-refractivity contribution in [1.82, 2.24) is 19.7 Å². The molecule has 0 unspecified atom stereocenters. The van der Waals surface area contributed by atoms with Crippen molar-refractivity contribution < 1.29 is 0 Å². The highest BCUT2D eigenvalue weighted by Gasteiger charge is 2.11. The molecule has 6 heteroatoms. The second-order valence-corrected chi connectivity index (χ2v) is 3.79. The molecule has 0 bridgehead atoms. The first-order chi connectivity index (χ1) is 8.77. The van der Waals surface area contributed by atoms with E-state index in [-0.39, 0.29) is 5.84 Å². The molecule has 88 valence electrons. The Kier molecular flexibility index (Phi) is 2.26. The molecule has 6 nitrogen and oxygen atoms in total. The van der Waals surface area contributed by atoms with Crippen LogP contribution in [0, 0.1) is 5.41 Å². The van der Waals surface area contributed by atoms with Crippen molar-refractivity contribution in [2.75, 3.05) is 0 Å². The molecular formula is C12H10N6. The van der Waals surface area contributed by atoms with Crippen molar-refractivity contribution in [3.8, 4) is 5.82 Å². The minimum Gasteiger partial charge on any atom is -0.384 e. The van der Waals surface area contributed by atoms with E-state index in [9.17, 15) is 0 Å². The summed E-state index contributed by atoms with van der Waals surface area (Å²) >= 11 is 0. The average molecular weight is 238 g/mol. The van der Waals surface area contributed by atoms with E-state index in [1.807, 2.05) is 24.3 Å². The zero-order chi connectivity index (χ0) is 12.5. The van der Waals surface area contributed by atoms with Crippen LogP contribution in [0.3, 0.4) is 0 Å². The Hall–Kier alpha value is -2.76. The predicted octanol–water partition coefficient (Wildman–Crippen LogP) is 1.10. The number of aromatic nitrogens is 4. The van der Waals surface area contributed by atoms with Crippen molar-refractivity contribution in [1.29, 1.82) is 5.41 Å². The molecule has 3 N–H and O–H groups in total. The summed E-state index contributed by atoms with van der Waals surface area (Å²) in [5.41, 5.74) is 7.84. The van der Waals surface area contributed by atoms with Gasteiger partial charge >= 0.3 is 0 Å². The fraction of sp³-hybridized carbons (Fsp3) is 0. The monoisotopic (exact) mass is 238 g/mol. The van der Waals surface area contributed by atoms with Crippen molar-refractivity contribution >= 4 is 16.9 Å². The molecular weight excluding hydrogens is 228 g/mol. The lowest BCUT2D eigenvalue weighted by Gasteiger charge is -2.07. The lowest BCUT2D eigenvalue weighted by atomic mass is 10.2. The number of nitrogens with one attached hydrogen (secondary N) is 1. The van der Waals surface area contributed by atoms with Crippen LogP contribution in [-0.4, -0.2) is 25.6 Å². The van der Waals surface area contributed by atoms with Crippen LogP contribution in [0.4, 0.5) is 0 Å². The molecule has 0 spiro atoms. The van der Waals surface area contributed by atoms with Gasteiger partial charge in [0.1, 0.15) is 12.2 Å². The third-order valence-electron chi connectivity index (χ3n) is 2.67. The molecule has 1 aromatic carbocycles. The van der Waals surface area contributed by atoms with Crippen LogP contribution >= 0.6 is 0 Å². The number of nitrogens with zero attached hydrogens (tertiary/aromatic N) is 4. The van der Waals surface area contributed by atoms with Gasteiger partial charge in [0.2, 0.25) is 0 Å². The highest BCUT2D eigenvalue weighted by atomic mass is 15.2. The first-order valence-electron chi connectivity index (χ1n) is 5.36. The topological polar surface area (TPSA) is 93.5 Å². The lowest BCUT2D eigenvalue weighted by Crippen LogP contribution is -2.16. The summed E-state index contributed by atoms with van der Waals surface area (Å²) in [5.74, 6) is 0.469. The quantitative estimate of drug-likeness (QED) is 0.516. The van der Waals surface area contributed by atoms with Crippen molar-refractivity contribution in [2.24, 2.45) is 5.73 Å². The van der Waals surface area contributed by atoms with Gasteiger partial charge in [-0.2, -0.15) is 5.10 Å². The van der Waals surface area contributed by atoms with Crippen LogP contribution in [0.15, 0.2) is 42.9 Å². The van der Waals surface area contributed by atoms with Crippen LogP contribution in [0.25, 0.3) is 16.9 Å². The van der Waals surface area contributed by atoms with E-state index >= 15 is 0 Å². The van der Waals surface area contributed by atoms with Gasteiger partial charge in [0.15, 0.2) is 5.82 Å². The number of nitrogen functional groups attached to an aromatic ring is 1. The van der Waals surface area contributed by atoms with Gasteiger partial charge in [-0.1, -0.05) is 12.1 Å². The standard InChI is InChI=1S/C12H10N6/c13-11(14)8-5-6-16-17-12(8)18-7-15-9-3-1-2-4-10(9)18/h1-7H,(H3,13,14). The second-order valence-electron chi connectivity index (χ2n) is 3.79. The maximum absolute atomic E-state index is 7.56. The van der Waals surface area contributed by atoms with Gasteiger partial charge in [-0.25, -0.2) is 4.98 Å². The van der Waals surface area contributed by atoms with Gasteiger partial charge in [0.05, 0.1) is 22.8 Å². The zero-order valence-electron chi connectivity index (χ0n) is 9.41. The first kappa shape index (κ1) is 10.4. The minimum atomic E-state index is -0.0438. The maximum Gasteiger partial charge on any atom is 0.172 e. The zero-order valence-corrected chi connectivity index (χ0v) is 9.41. The Morgan fingerprint density at radius 1 is 1.22 bits per heavy atom. The fourth-order valence-electron chi connectivity index (χ4n) is 1.84. The van der Waals surface area contributed by atoms with Crippen LogP contribution in [0.2, 0.25) is 0 Å². The summed E-state index contributed by atoms with van der Waals surface area (Å²) in [6, 6.07) is 9.35. The van der Waals surface area contributed by atoms with Gasteiger partial charge < -0.3 is 5.73 Å². The molecule has 0 radical (unpaired) electrons. The molecule has 2 aromatic heterocycles. The Morgan fingerprint density at radius 2 is 2.06 bits per heavy atom. The summed E-state index contributed by atoms with van der Waals surface area (Å²) in [7, 11) is 0. The lowest BCUT2D eigenvalue weighted by molar-refractivity contribution is 0.923. The summed E-state index contributed by atoms with van der Waals surface area (Å²) in [6.45, 7) is 0. The summed E-state index contributed by atoms with van der Waals surface area (Å²) < 4.78 is 1.78. The highest BCUT2D eigenvalue weighted by molar-refractivity contribution is 5.98. The summed E-state index contributed by atoms with van der Waals surface area (Å²) in [4.78, 5) is 4.28. The normalized spacial score (nSPS) is 10.7. The Bertz CT molecular complexity index is 730. The van der Waals surface area contributed by atoms with Gasteiger partial charge in [-0.15, -0.1) is 5.10 Å². The van der Waals surface area contributed by atoms with E-state index in [2.05, 4.69) is 15.2 Å². The minimum absolute atomic E-state index is 0.0438. The Balaban J connectivity index is 2.30. The van der Waals surface area contributed by atoms with E-state index in [0.717, 1.165) is 11.0 Å². The average Bonchev–Trinajstić information content (AvgIpc) is 2.82. The van der Waals surface area contributed by atoms with Crippen LogP contribution in [-0.2, 0) is 0 Å². The molecule has 0 amide bonds. The van der Waals surface area contributed by atoms with Crippen molar-refractivity contribution in [3.05, 3.63) is 48.4 Å². The smallest absolute Gasteiger partial charge is 0.172 e. The number of hydrogen-bond donors (Lipinski definition) is 2. The van der Waals surface area contributed by atoms with Gasteiger partial charge in [-0.05, 0) is 18.2 Å². The molecule has 0 saturated heterocycles. The first-order valence-corrected chi connectivity index (χ1v) is 5.36. The van der Waals surface area contributed by atoms with Crippen molar-refractivity contribution in [3.63, 3.8) is 0 Å². The molecule has 0 aliphatic carbocycles. The number of hydrogen-bond acceptors (Lipinski definition) is 4. The largest absolute Gasteiger partial charge is 0.384 e. The van der Waals surface area contributed by atoms with Gasteiger partial charge in [0, 0.05) is 0 Å². The van der Waals surface area contributed by atoms with Crippen LogP contribution in [0.5, 0.6) is 0 Å². The molecule has 0 aliphatic rings. The van der Waals surface area contributed by atoms with E-state index in [1.54, 1.807) is 17.0 Å². The number of imidazole rings is 1. The van der Waals surface area contributed by atoms with E-state index in [1.165, 1.54) is 6.20 Å². The van der Waals surface area contributed by atoms with E-state index in [0.29, 0.717) is 11.4 Å². The van der Waals surface area contributed by atoms with E-state index < -0.39 is 0 Å². The van der Waals surface area contributed by atoms with Crippen LogP contribution < -0.4 is 5.73 Å². The molecule has 3 aromatic rings. The summed E-state index contributed by atoms with van der Waals surface area (Å²) in [5, 5.41) is 15.4. The number of fused-ring (bicyclic) bond motifs is 1. The Morgan fingerprint density at radius 3 is 2.89 bits per heavy atom. The number of amidine groups is 1. The fourth-order valence-corrected chi connectivity index (χ4v) is 1.84. The molecule has 0 atom stereocenters. The predicted molar refractivity (Wildman–Crippen MR) is 67.7 cm³/mol. The SMILES string of the molecule is N=C(N)c1ccnnc1-n1cnc2ccccc21. The van der Waals surface area contributed by atoms with Crippen molar-refractivity contribution in [2.45, 2.75) is 0 Å². The molecule has 0 fully saturated rings. The number of para-hydroxylation sites is 2. The van der Waals surface area contributed by atoms with Gasteiger partial charge in [0.25, 0.3) is 0 Å². The van der Waals surface area contributed by atoms with Gasteiger partial charge in [-0.3, -0.25) is 9.98 Å². The third kappa shape index (κ3) is 1.51. The second kappa shape index (κ2) is 3.92. The summed E-state index contributed by atoms with van der Waals surface area (Å²) in [6.07, 6.45) is 3.17. The van der Waals surface area contributed by atoms with E-state index in [4.69, 9.17) is 11.1 Å². The third-order valence-corrected chi connectivity index (χ3v) is 2.67. The highest BCUT2D eigenvalue weighted by Crippen LogP contribution is 2.18. The molecule has 3 rings (SSSR count).